The predicted octanol–water partition coefficient (Wildman–Crippen LogP) is 1.19. The third-order valence-electron chi connectivity index (χ3n) is 2.04. The molecule has 1 fully saturated rings. The summed E-state index contributed by atoms with van der Waals surface area (Å²) >= 11 is 0. The quantitative estimate of drug-likeness (QED) is 0.600. The van der Waals surface area contributed by atoms with Gasteiger partial charge in [-0.25, -0.2) is 0 Å². The highest BCUT2D eigenvalue weighted by Crippen LogP contribution is 2.18. The first-order valence-corrected chi connectivity index (χ1v) is 4.12. The normalized spacial score (nSPS) is 25.5. The van der Waals surface area contributed by atoms with Gasteiger partial charge in [-0.1, -0.05) is 6.42 Å². The molecule has 0 aromatic carbocycles. The number of unbranched alkanes of at least 4 members (excludes halogenated alkanes) is 1. The predicted molar refractivity (Wildman–Crippen MR) is 39.9 cm³/mol. The Morgan fingerprint density at radius 1 is 1.40 bits per heavy atom. The smallest absolute Gasteiger partial charge is 0.0495 e. The van der Waals surface area contributed by atoms with Crippen molar-refractivity contribution in [2.24, 2.45) is 5.92 Å². The fourth-order valence-corrected chi connectivity index (χ4v) is 1.36. The molecule has 0 spiro atoms. The number of ether oxygens (including phenoxy) is 1. The maximum atomic E-state index is 8.51. The Morgan fingerprint density at radius 3 is 2.90 bits per heavy atom. The fourth-order valence-electron chi connectivity index (χ4n) is 1.36. The zero-order valence-corrected chi connectivity index (χ0v) is 6.38. The van der Waals surface area contributed by atoms with E-state index in [1.54, 1.807) is 0 Å². The van der Waals surface area contributed by atoms with Gasteiger partial charge in [0.05, 0.1) is 0 Å². The van der Waals surface area contributed by atoms with Crippen LogP contribution in [0.25, 0.3) is 0 Å². The fraction of sp³-hybridized carbons (Fsp3) is 1.00. The third-order valence-corrected chi connectivity index (χ3v) is 2.04. The average molecular weight is 144 g/mol. The summed E-state index contributed by atoms with van der Waals surface area (Å²) in [5.41, 5.74) is 0. The molecule has 1 rings (SSSR count). The highest BCUT2D eigenvalue weighted by molar-refractivity contribution is 4.63. The lowest BCUT2D eigenvalue weighted by atomic mass is 10.0. The van der Waals surface area contributed by atoms with Gasteiger partial charge in [0.2, 0.25) is 0 Å². The molecule has 0 bridgehead atoms. The van der Waals surface area contributed by atoms with Crippen LogP contribution < -0.4 is 0 Å². The van der Waals surface area contributed by atoms with E-state index in [0.717, 1.165) is 32.0 Å². The second-order valence-electron chi connectivity index (χ2n) is 2.95. The average Bonchev–Trinajstić information content (AvgIpc) is 2.41. The number of aliphatic hydroxyl groups excluding tert-OH is 1. The van der Waals surface area contributed by atoms with E-state index < -0.39 is 0 Å². The van der Waals surface area contributed by atoms with E-state index in [0.29, 0.717) is 6.61 Å². The Balaban J connectivity index is 1.91. The van der Waals surface area contributed by atoms with Gasteiger partial charge in [-0.2, -0.15) is 0 Å². The summed E-state index contributed by atoms with van der Waals surface area (Å²) in [5.74, 6) is 0.784. The minimum Gasteiger partial charge on any atom is -0.396 e. The number of aliphatic hydroxyl groups is 1. The lowest BCUT2D eigenvalue weighted by molar-refractivity contribution is 0.182. The summed E-state index contributed by atoms with van der Waals surface area (Å²) in [7, 11) is 0. The van der Waals surface area contributed by atoms with Crippen molar-refractivity contribution in [1.29, 1.82) is 0 Å². The first-order chi connectivity index (χ1) is 4.93. The van der Waals surface area contributed by atoms with E-state index in [1.165, 1.54) is 12.8 Å². The maximum Gasteiger partial charge on any atom is 0.0495 e. The molecule has 0 aromatic rings. The van der Waals surface area contributed by atoms with E-state index in [2.05, 4.69) is 0 Å². The Bertz CT molecular complexity index is 77.3. The number of rotatable bonds is 4. The standard InChI is InChI=1S/C8H16O2/c9-5-2-1-3-8-4-6-10-7-8/h8-9H,1-7H2. The van der Waals surface area contributed by atoms with Crippen molar-refractivity contribution < 1.29 is 9.84 Å². The molecule has 0 saturated carbocycles. The first kappa shape index (κ1) is 8.02. The van der Waals surface area contributed by atoms with Gasteiger partial charge in [0.1, 0.15) is 0 Å². The molecule has 1 aliphatic heterocycles. The van der Waals surface area contributed by atoms with Gasteiger partial charge >= 0.3 is 0 Å². The van der Waals surface area contributed by atoms with Gasteiger partial charge in [-0.3, -0.25) is 0 Å². The zero-order valence-electron chi connectivity index (χ0n) is 6.38. The van der Waals surface area contributed by atoms with Crippen LogP contribution in [0.15, 0.2) is 0 Å². The summed E-state index contributed by atoms with van der Waals surface area (Å²) in [5, 5.41) is 8.51. The summed E-state index contributed by atoms with van der Waals surface area (Å²) in [6.07, 6.45) is 4.58. The first-order valence-electron chi connectivity index (χ1n) is 4.12. The van der Waals surface area contributed by atoms with Crippen LogP contribution in [0.5, 0.6) is 0 Å². The Morgan fingerprint density at radius 2 is 2.30 bits per heavy atom. The van der Waals surface area contributed by atoms with Crippen molar-refractivity contribution in [2.75, 3.05) is 19.8 Å². The third kappa shape index (κ3) is 2.67. The monoisotopic (exact) mass is 144 g/mol. The van der Waals surface area contributed by atoms with Crippen molar-refractivity contribution in [3.63, 3.8) is 0 Å². The largest absolute Gasteiger partial charge is 0.396 e. The van der Waals surface area contributed by atoms with E-state index in [9.17, 15) is 0 Å². The summed E-state index contributed by atoms with van der Waals surface area (Å²) in [6, 6.07) is 0. The van der Waals surface area contributed by atoms with E-state index >= 15 is 0 Å². The zero-order chi connectivity index (χ0) is 7.23. The summed E-state index contributed by atoms with van der Waals surface area (Å²) in [4.78, 5) is 0. The van der Waals surface area contributed by atoms with Crippen molar-refractivity contribution in [3.05, 3.63) is 0 Å². The lowest BCUT2D eigenvalue weighted by Gasteiger charge is -2.04. The van der Waals surface area contributed by atoms with Crippen LogP contribution in [0.1, 0.15) is 25.7 Å². The maximum absolute atomic E-state index is 8.51. The molecule has 1 saturated heterocycles. The van der Waals surface area contributed by atoms with Crippen LogP contribution in [-0.2, 0) is 4.74 Å². The molecule has 0 aromatic heterocycles. The molecule has 60 valence electrons. The van der Waals surface area contributed by atoms with E-state index in [1.807, 2.05) is 0 Å². The molecule has 1 unspecified atom stereocenters. The molecule has 1 heterocycles. The van der Waals surface area contributed by atoms with E-state index in [-0.39, 0.29) is 0 Å². The van der Waals surface area contributed by atoms with Crippen molar-refractivity contribution in [2.45, 2.75) is 25.7 Å². The van der Waals surface area contributed by atoms with Gasteiger partial charge in [0.25, 0.3) is 0 Å². The van der Waals surface area contributed by atoms with Crippen LogP contribution >= 0.6 is 0 Å². The van der Waals surface area contributed by atoms with Crippen LogP contribution in [0.3, 0.4) is 0 Å². The highest BCUT2D eigenvalue weighted by atomic mass is 16.5. The topological polar surface area (TPSA) is 29.5 Å². The summed E-state index contributed by atoms with van der Waals surface area (Å²) < 4.78 is 5.23. The highest BCUT2D eigenvalue weighted by Gasteiger charge is 2.14. The van der Waals surface area contributed by atoms with Crippen LogP contribution in [0.2, 0.25) is 0 Å². The molecule has 1 atom stereocenters. The van der Waals surface area contributed by atoms with Gasteiger partial charge < -0.3 is 9.84 Å². The Labute approximate surface area is 62.2 Å². The molecule has 0 radical (unpaired) electrons. The molecule has 10 heavy (non-hydrogen) atoms. The Kier molecular flexibility index (Phi) is 3.76. The second kappa shape index (κ2) is 4.69. The molecule has 1 aliphatic rings. The van der Waals surface area contributed by atoms with Crippen molar-refractivity contribution in [3.8, 4) is 0 Å². The van der Waals surface area contributed by atoms with Gasteiger partial charge in [-0.15, -0.1) is 0 Å². The molecule has 0 amide bonds. The van der Waals surface area contributed by atoms with Gasteiger partial charge in [0.15, 0.2) is 0 Å². The number of hydrogen-bond acceptors (Lipinski definition) is 2. The van der Waals surface area contributed by atoms with Gasteiger partial charge in [0, 0.05) is 19.8 Å². The minimum absolute atomic E-state index is 0.341. The van der Waals surface area contributed by atoms with E-state index in [4.69, 9.17) is 9.84 Å². The second-order valence-corrected chi connectivity index (χ2v) is 2.95. The summed E-state index contributed by atoms with van der Waals surface area (Å²) in [6.45, 7) is 2.24. The lowest BCUT2D eigenvalue weighted by Crippen LogP contribution is -1.98. The van der Waals surface area contributed by atoms with Crippen molar-refractivity contribution >= 4 is 0 Å². The minimum atomic E-state index is 0.341. The van der Waals surface area contributed by atoms with Crippen molar-refractivity contribution in [1.82, 2.24) is 0 Å². The molecule has 2 nitrogen and oxygen atoms in total. The Hall–Kier alpha value is -0.0800. The molecule has 2 heteroatoms. The molecular weight excluding hydrogens is 128 g/mol. The van der Waals surface area contributed by atoms with Crippen LogP contribution in [-0.4, -0.2) is 24.9 Å². The molecule has 1 N–H and O–H groups in total. The van der Waals surface area contributed by atoms with Crippen LogP contribution in [0, 0.1) is 5.92 Å². The molecular formula is C8H16O2. The van der Waals surface area contributed by atoms with Gasteiger partial charge in [-0.05, 0) is 25.2 Å². The SMILES string of the molecule is OCCCCC1CCOC1. The number of hydrogen-bond donors (Lipinski definition) is 1. The van der Waals surface area contributed by atoms with Crippen LogP contribution in [0.4, 0.5) is 0 Å². The molecule has 0 aliphatic carbocycles.